The molecule has 2 aromatic heterocycles. The van der Waals surface area contributed by atoms with E-state index in [-0.39, 0.29) is 23.4 Å². The summed E-state index contributed by atoms with van der Waals surface area (Å²) in [5.74, 6) is -2.51. The van der Waals surface area contributed by atoms with Gasteiger partial charge in [0.05, 0.1) is 12.1 Å². The van der Waals surface area contributed by atoms with E-state index in [0.717, 1.165) is 6.33 Å². The zero-order chi connectivity index (χ0) is 37.7. The molecular weight excluding hydrogens is 664 g/mol. The van der Waals surface area contributed by atoms with Gasteiger partial charge in [-0.15, -0.1) is 0 Å². The van der Waals surface area contributed by atoms with Crippen LogP contribution in [0.2, 0.25) is 0 Å². The van der Waals surface area contributed by atoms with Crippen molar-refractivity contribution in [1.82, 2.24) is 19.9 Å². The summed E-state index contributed by atoms with van der Waals surface area (Å²) in [5.41, 5.74) is -3.36. The largest absolute Gasteiger partial charge is 0.463 e. The Morgan fingerprint density at radius 2 is 1.78 bits per heavy atom. The van der Waals surface area contributed by atoms with E-state index in [1.54, 1.807) is 78.8 Å². The summed E-state index contributed by atoms with van der Waals surface area (Å²) in [5, 5.41) is 31.9. The Hall–Kier alpha value is -5.11. The van der Waals surface area contributed by atoms with Crippen LogP contribution in [-0.2, 0) is 50.1 Å². The SMILES string of the molecule is COC(C)(C)C(=O)Nc1ncnn2c([C@]3(C#N)O[C@H](COC(=O)Cc4ccccc4)[C@@H](OC(=O)[C@@H](NC(=O)OC(C)(C)C)C(C)C)[C@H]3O)ccc12. The maximum Gasteiger partial charge on any atom is 0.408 e. The van der Waals surface area contributed by atoms with Gasteiger partial charge in [0.25, 0.3) is 5.91 Å². The molecule has 0 unspecified atom stereocenters. The van der Waals surface area contributed by atoms with Crippen LogP contribution in [0.4, 0.5) is 10.6 Å². The van der Waals surface area contributed by atoms with Crippen LogP contribution in [0, 0.1) is 17.2 Å². The first-order chi connectivity index (χ1) is 23.9. The van der Waals surface area contributed by atoms with Gasteiger partial charge in [-0.2, -0.15) is 10.4 Å². The van der Waals surface area contributed by atoms with E-state index >= 15 is 0 Å². The smallest absolute Gasteiger partial charge is 0.408 e. The fourth-order valence-corrected chi connectivity index (χ4v) is 5.23. The van der Waals surface area contributed by atoms with Crippen LogP contribution in [0.1, 0.15) is 59.7 Å². The summed E-state index contributed by atoms with van der Waals surface area (Å²) in [6, 6.07) is 12.6. The number of nitrogens with zero attached hydrogens (tertiary/aromatic N) is 4. The Balaban J connectivity index is 1.68. The Kier molecular flexibility index (Phi) is 11.7. The van der Waals surface area contributed by atoms with Gasteiger partial charge in [-0.3, -0.25) is 9.59 Å². The average Bonchev–Trinajstić information content (AvgIpc) is 3.62. The molecule has 0 bridgehead atoms. The van der Waals surface area contributed by atoms with Crippen LogP contribution >= 0.6 is 0 Å². The van der Waals surface area contributed by atoms with Gasteiger partial charge >= 0.3 is 18.0 Å². The minimum Gasteiger partial charge on any atom is -0.463 e. The Morgan fingerprint density at radius 1 is 1.10 bits per heavy atom. The number of nitrogens with one attached hydrogen (secondary N) is 2. The van der Waals surface area contributed by atoms with Crippen molar-refractivity contribution in [2.24, 2.45) is 5.92 Å². The van der Waals surface area contributed by atoms with Crippen LogP contribution in [0.5, 0.6) is 0 Å². The molecule has 274 valence electrons. The maximum absolute atomic E-state index is 13.6. The van der Waals surface area contributed by atoms with Gasteiger partial charge in [0.1, 0.15) is 54.0 Å². The third-order valence-corrected chi connectivity index (χ3v) is 8.16. The second-order valence-electron chi connectivity index (χ2n) is 13.9. The highest BCUT2D eigenvalue weighted by molar-refractivity contribution is 5.98. The summed E-state index contributed by atoms with van der Waals surface area (Å²) in [6.45, 7) is 11.0. The second-order valence-corrected chi connectivity index (χ2v) is 13.9. The van der Waals surface area contributed by atoms with Crippen LogP contribution < -0.4 is 10.6 Å². The monoisotopic (exact) mass is 708 g/mol. The number of amides is 2. The van der Waals surface area contributed by atoms with Crippen molar-refractivity contribution in [1.29, 1.82) is 5.26 Å². The number of nitriles is 1. The Morgan fingerprint density at radius 3 is 2.39 bits per heavy atom. The van der Waals surface area contributed by atoms with Crippen molar-refractivity contribution < 1.29 is 48.0 Å². The fourth-order valence-electron chi connectivity index (χ4n) is 5.23. The highest BCUT2D eigenvalue weighted by Gasteiger charge is 2.60. The van der Waals surface area contributed by atoms with E-state index in [4.69, 9.17) is 23.7 Å². The zero-order valence-corrected chi connectivity index (χ0v) is 29.8. The number of anilines is 1. The topological polar surface area (TPSA) is 213 Å². The minimum atomic E-state index is -2.23. The van der Waals surface area contributed by atoms with Gasteiger partial charge in [-0.05, 0) is 58.2 Å². The number of hydrogen-bond donors (Lipinski definition) is 3. The average molecular weight is 709 g/mol. The fraction of sp³-hybridized carbons (Fsp3) is 0.514. The molecule has 1 saturated heterocycles. The second kappa shape index (κ2) is 15.4. The molecule has 1 fully saturated rings. The standard InChI is InChI=1S/C35H44N6O10/c1-20(2)26(39-32(46)51-33(3,4)5)30(44)49-27-23(17-48-25(42)16-21-12-10-9-11-13-21)50-35(18-36,28(27)43)24-15-14-22-29(37-19-38-41(22)24)40-31(45)34(6,7)47-8/h9-15,19-20,23,26-28,43H,16-17H2,1-8H3,(H,39,46)(H,37,38,40,45)/t23-,26+,27-,28-,35+/m1/s1. The third kappa shape index (κ3) is 8.80. The van der Waals surface area contributed by atoms with Gasteiger partial charge in [-0.1, -0.05) is 44.2 Å². The molecular formula is C35H44N6O10. The number of rotatable bonds is 12. The predicted molar refractivity (Wildman–Crippen MR) is 180 cm³/mol. The van der Waals surface area contributed by atoms with E-state index in [1.165, 1.54) is 23.8 Å². The molecule has 0 aliphatic carbocycles. The highest BCUT2D eigenvalue weighted by atomic mass is 16.6. The molecule has 0 spiro atoms. The van der Waals surface area contributed by atoms with Gasteiger partial charge in [0, 0.05) is 7.11 Å². The number of aliphatic hydroxyl groups is 1. The van der Waals surface area contributed by atoms with Crippen molar-refractivity contribution in [2.75, 3.05) is 19.0 Å². The molecule has 3 heterocycles. The van der Waals surface area contributed by atoms with E-state index in [1.807, 2.05) is 6.07 Å². The molecule has 16 heteroatoms. The Labute approximate surface area is 295 Å². The number of methoxy groups -OCH3 is 1. The van der Waals surface area contributed by atoms with Crippen molar-refractivity contribution in [3.05, 3.63) is 60.0 Å². The number of aliphatic hydroxyl groups excluding tert-OH is 1. The first-order valence-electron chi connectivity index (χ1n) is 16.3. The minimum absolute atomic E-state index is 0.00264. The molecule has 4 rings (SSSR count). The van der Waals surface area contributed by atoms with Crippen molar-refractivity contribution in [2.45, 2.75) is 96.0 Å². The van der Waals surface area contributed by atoms with E-state index < -0.39 is 77.6 Å². The highest BCUT2D eigenvalue weighted by Crippen LogP contribution is 2.42. The van der Waals surface area contributed by atoms with Crippen molar-refractivity contribution in [3.63, 3.8) is 0 Å². The number of carbonyl (C=O) groups excluding carboxylic acids is 4. The maximum atomic E-state index is 13.6. The Bertz CT molecular complexity index is 1780. The summed E-state index contributed by atoms with van der Waals surface area (Å²) in [4.78, 5) is 56.1. The first kappa shape index (κ1) is 38.7. The third-order valence-electron chi connectivity index (χ3n) is 8.16. The molecule has 5 atom stereocenters. The molecule has 16 nitrogen and oxygen atoms in total. The van der Waals surface area contributed by atoms with E-state index in [2.05, 4.69) is 20.7 Å². The summed E-state index contributed by atoms with van der Waals surface area (Å²) < 4.78 is 29.3. The summed E-state index contributed by atoms with van der Waals surface area (Å²) in [6.07, 6.45) is -4.60. The first-order valence-corrected chi connectivity index (χ1v) is 16.3. The van der Waals surface area contributed by atoms with Gasteiger partial charge in [-0.25, -0.2) is 19.1 Å². The number of carbonyl (C=O) groups is 4. The van der Waals surface area contributed by atoms with Gasteiger partial charge in [0.2, 0.25) is 5.60 Å². The van der Waals surface area contributed by atoms with Gasteiger partial charge in [0.15, 0.2) is 11.9 Å². The molecule has 0 saturated carbocycles. The molecule has 1 aromatic carbocycles. The number of hydrogen-bond acceptors (Lipinski definition) is 13. The molecule has 1 aliphatic heterocycles. The molecule has 51 heavy (non-hydrogen) atoms. The molecule has 3 N–H and O–H groups in total. The lowest BCUT2D eigenvalue weighted by molar-refractivity contribution is -0.163. The summed E-state index contributed by atoms with van der Waals surface area (Å²) in [7, 11) is 1.38. The quantitative estimate of drug-likeness (QED) is 0.183. The van der Waals surface area contributed by atoms with Crippen LogP contribution in [0.15, 0.2) is 48.8 Å². The number of fused-ring (bicyclic) bond motifs is 1. The van der Waals surface area contributed by atoms with Crippen LogP contribution in [0.25, 0.3) is 5.52 Å². The lowest BCUT2D eigenvalue weighted by atomic mass is 9.92. The van der Waals surface area contributed by atoms with E-state index in [0.29, 0.717) is 5.56 Å². The van der Waals surface area contributed by atoms with Crippen LogP contribution in [-0.4, -0.2) is 92.9 Å². The van der Waals surface area contributed by atoms with Gasteiger partial charge < -0.3 is 39.4 Å². The van der Waals surface area contributed by atoms with E-state index in [9.17, 15) is 29.5 Å². The zero-order valence-electron chi connectivity index (χ0n) is 29.8. The number of esters is 2. The predicted octanol–water partition coefficient (Wildman–Crippen LogP) is 2.82. The lowest BCUT2D eigenvalue weighted by Gasteiger charge is -2.28. The molecule has 3 aromatic rings. The van der Waals surface area contributed by atoms with Crippen molar-refractivity contribution >= 4 is 35.3 Å². The number of benzene rings is 1. The number of aromatic nitrogens is 3. The number of ether oxygens (including phenoxy) is 5. The molecule has 2 amide bonds. The molecule has 1 aliphatic rings. The number of alkyl carbamates (subject to hydrolysis) is 1. The summed E-state index contributed by atoms with van der Waals surface area (Å²) >= 11 is 0. The van der Waals surface area contributed by atoms with Crippen LogP contribution in [0.3, 0.4) is 0 Å². The molecule has 0 radical (unpaired) electrons. The van der Waals surface area contributed by atoms with Crippen molar-refractivity contribution in [3.8, 4) is 6.07 Å². The lowest BCUT2D eigenvalue weighted by Crippen LogP contribution is -2.50. The normalized spacial score (nSPS) is 21.1.